The van der Waals surface area contributed by atoms with Crippen molar-refractivity contribution in [1.82, 2.24) is 5.32 Å². The molecule has 3 amide bonds. The Labute approximate surface area is 195 Å². The van der Waals surface area contributed by atoms with Gasteiger partial charge in [0.2, 0.25) is 5.91 Å². The summed E-state index contributed by atoms with van der Waals surface area (Å²) in [5.74, 6) is -1.22. The molecule has 2 N–H and O–H groups in total. The third-order valence-electron chi connectivity index (χ3n) is 5.04. The van der Waals surface area contributed by atoms with Crippen molar-refractivity contribution in [3.63, 3.8) is 0 Å². The predicted octanol–water partition coefficient (Wildman–Crippen LogP) is 3.97. The topological polar surface area (TPSA) is 119 Å². The van der Waals surface area contributed by atoms with Crippen molar-refractivity contribution in [2.75, 3.05) is 18.2 Å². The van der Waals surface area contributed by atoms with E-state index in [9.17, 15) is 22.8 Å². The number of halogens is 1. The van der Waals surface area contributed by atoms with Crippen molar-refractivity contribution in [2.45, 2.75) is 43.4 Å². The quantitative estimate of drug-likeness (QED) is 0.596. The molecule has 0 saturated carbocycles. The number of alkyl carbamates (subject to hydrolysis) is 1. The number of thiophene rings is 1. The molecule has 1 aromatic carbocycles. The third-order valence-corrected chi connectivity index (χ3v) is 8.32. The molecule has 0 spiro atoms. The second-order valence-corrected chi connectivity index (χ2v) is 10.9. The van der Waals surface area contributed by atoms with Gasteiger partial charge < -0.3 is 10.1 Å². The number of benzene rings is 1. The van der Waals surface area contributed by atoms with Crippen LogP contribution in [0, 0.1) is 0 Å². The Morgan fingerprint density at radius 3 is 2.50 bits per heavy atom. The maximum Gasteiger partial charge on any atom is 0.413 e. The number of rotatable bonds is 7. The molecule has 0 radical (unpaired) electrons. The molecule has 2 aromatic rings. The summed E-state index contributed by atoms with van der Waals surface area (Å²) in [5, 5.41) is 5.68. The first-order valence-corrected chi connectivity index (χ1v) is 12.9. The van der Waals surface area contributed by atoms with Gasteiger partial charge in [0.1, 0.15) is 5.00 Å². The van der Waals surface area contributed by atoms with Crippen molar-refractivity contribution in [3.8, 4) is 0 Å². The van der Waals surface area contributed by atoms with Gasteiger partial charge in [-0.05, 0) is 61.9 Å². The number of amides is 3. The maximum atomic E-state index is 12.6. The molecule has 8 nitrogen and oxygen atoms in total. The van der Waals surface area contributed by atoms with E-state index in [1.54, 1.807) is 0 Å². The van der Waals surface area contributed by atoms with Gasteiger partial charge in [0.15, 0.2) is 9.84 Å². The molecule has 1 aromatic heterocycles. The highest BCUT2D eigenvalue weighted by atomic mass is 35.5. The average molecular weight is 499 g/mol. The van der Waals surface area contributed by atoms with E-state index in [1.165, 1.54) is 35.6 Å². The van der Waals surface area contributed by atoms with E-state index < -0.39 is 27.7 Å². The van der Waals surface area contributed by atoms with Gasteiger partial charge in [-0.15, -0.1) is 11.3 Å². The van der Waals surface area contributed by atoms with Crippen LogP contribution in [0.25, 0.3) is 0 Å². The predicted molar refractivity (Wildman–Crippen MR) is 122 cm³/mol. The number of anilines is 1. The molecule has 1 aliphatic rings. The first-order valence-electron chi connectivity index (χ1n) is 10.0. The summed E-state index contributed by atoms with van der Waals surface area (Å²) in [6.07, 6.45) is 2.59. The summed E-state index contributed by atoms with van der Waals surface area (Å²) in [5.41, 5.74) is 1.11. The number of ether oxygens (including phenoxy) is 1. The zero-order chi connectivity index (χ0) is 23.3. The lowest BCUT2D eigenvalue weighted by molar-refractivity contribution is -0.116. The van der Waals surface area contributed by atoms with Crippen LogP contribution in [0.2, 0.25) is 5.02 Å². The fourth-order valence-electron chi connectivity index (χ4n) is 3.47. The van der Waals surface area contributed by atoms with Crippen LogP contribution in [0.5, 0.6) is 0 Å². The van der Waals surface area contributed by atoms with Gasteiger partial charge in [0.05, 0.1) is 23.3 Å². The van der Waals surface area contributed by atoms with Crippen LogP contribution in [0.15, 0.2) is 29.2 Å². The van der Waals surface area contributed by atoms with Gasteiger partial charge >= 0.3 is 6.09 Å². The Hall–Kier alpha value is -2.43. The Balaban J connectivity index is 1.66. The number of hydrogen-bond acceptors (Lipinski definition) is 7. The van der Waals surface area contributed by atoms with E-state index in [1.807, 2.05) is 0 Å². The average Bonchev–Trinajstić information content (AvgIpc) is 3.11. The Morgan fingerprint density at radius 2 is 1.81 bits per heavy atom. The van der Waals surface area contributed by atoms with E-state index in [0.29, 0.717) is 16.4 Å². The molecule has 0 bridgehead atoms. The second kappa shape index (κ2) is 10.5. The highest BCUT2D eigenvalue weighted by molar-refractivity contribution is 7.91. The summed E-state index contributed by atoms with van der Waals surface area (Å²) < 4.78 is 29.3. The number of carbonyl (C=O) groups excluding carboxylic acids is 3. The Bertz CT molecular complexity index is 1130. The van der Waals surface area contributed by atoms with Crippen molar-refractivity contribution < 1.29 is 27.5 Å². The van der Waals surface area contributed by atoms with E-state index in [4.69, 9.17) is 11.6 Å². The van der Waals surface area contributed by atoms with Gasteiger partial charge in [0.25, 0.3) is 5.91 Å². The van der Waals surface area contributed by atoms with E-state index in [0.717, 1.165) is 36.8 Å². The number of imide groups is 1. The number of fused-ring (bicyclic) bond motifs is 1. The molecule has 11 heteroatoms. The first kappa shape index (κ1) is 24.2. The molecule has 0 saturated heterocycles. The smallest absolute Gasteiger partial charge is 0.413 e. The highest BCUT2D eigenvalue weighted by Gasteiger charge is 2.27. The number of nitrogens with one attached hydrogen (secondary N) is 2. The fourth-order valence-corrected chi connectivity index (χ4v) is 6.21. The monoisotopic (exact) mass is 498 g/mol. The molecule has 172 valence electrons. The van der Waals surface area contributed by atoms with Crippen LogP contribution in [0.3, 0.4) is 0 Å². The molecule has 32 heavy (non-hydrogen) atoms. The molecule has 1 aliphatic carbocycles. The van der Waals surface area contributed by atoms with Gasteiger partial charge in [-0.2, -0.15) is 0 Å². The summed E-state index contributed by atoms with van der Waals surface area (Å²) in [7, 11) is -2.38. The molecule has 0 atom stereocenters. The van der Waals surface area contributed by atoms with Crippen molar-refractivity contribution in [1.29, 1.82) is 0 Å². The zero-order valence-corrected chi connectivity index (χ0v) is 19.8. The van der Waals surface area contributed by atoms with Crippen molar-refractivity contribution in [3.05, 3.63) is 45.3 Å². The third kappa shape index (κ3) is 5.87. The van der Waals surface area contributed by atoms with E-state index in [2.05, 4.69) is 15.4 Å². The first-order chi connectivity index (χ1) is 15.2. The van der Waals surface area contributed by atoms with Crippen LogP contribution in [-0.2, 0) is 32.2 Å². The van der Waals surface area contributed by atoms with Gasteiger partial charge in [0, 0.05) is 16.3 Å². The summed E-state index contributed by atoms with van der Waals surface area (Å²) in [6.45, 7) is 0. The van der Waals surface area contributed by atoms with Crippen LogP contribution in [0.1, 0.15) is 46.5 Å². The number of methoxy groups -OCH3 is 1. The summed E-state index contributed by atoms with van der Waals surface area (Å²) >= 11 is 7.11. The lowest BCUT2D eigenvalue weighted by Gasteiger charge is -2.12. The summed E-state index contributed by atoms with van der Waals surface area (Å²) in [4.78, 5) is 37.8. The number of sulfone groups is 1. The van der Waals surface area contributed by atoms with Gasteiger partial charge in [-0.3, -0.25) is 14.9 Å². The zero-order valence-electron chi connectivity index (χ0n) is 17.4. The van der Waals surface area contributed by atoms with Crippen LogP contribution >= 0.6 is 22.9 Å². The minimum atomic E-state index is -3.54. The molecule has 0 unspecified atom stereocenters. The Kier molecular flexibility index (Phi) is 7.91. The van der Waals surface area contributed by atoms with Crippen LogP contribution in [0.4, 0.5) is 9.80 Å². The second-order valence-electron chi connectivity index (χ2n) is 7.29. The lowest BCUT2D eigenvalue weighted by atomic mass is 9.95. The summed E-state index contributed by atoms with van der Waals surface area (Å²) in [6, 6.07) is 5.86. The number of carbonyl (C=O) groups is 3. The van der Waals surface area contributed by atoms with Gasteiger partial charge in [-0.1, -0.05) is 11.6 Å². The highest BCUT2D eigenvalue weighted by Crippen LogP contribution is 2.38. The van der Waals surface area contributed by atoms with Crippen LogP contribution in [-0.4, -0.2) is 39.2 Å². The molecule has 3 rings (SSSR count). The van der Waals surface area contributed by atoms with Crippen molar-refractivity contribution in [2.24, 2.45) is 0 Å². The Morgan fingerprint density at radius 1 is 1.12 bits per heavy atom. The van der Waals surface area contributed by atoms with Gasteiger partial charge in [-0.25, -0.2) is 13.2 Å². The normalized spacial score (nSPS) is 13.2. The molecule has 0 aliphatic heterocycles. The standard InChI is InChI=1S/C21H23ClN2O6S2/c1-30-21(27)24-19(26)18-15-5-2-3-6-16(15)31-20(18)23-17(25)7-4-12-32(28,29)14-10-8-13(22)9-11-14/h8-11H,2-7,12H2,1H3,(H,23,25)(H,24,26,27). The minimum absolute atomic E-state index is 0.0343. The lowest BCUT2D eigenvalue weighted by Crippen LogP contribution is -2.31. The SMILES string of the molecule is COC(=O)NC(=O)c1c(NC(=O)CCCS(=O)(=O)c2ccc(Cl)cc2)sc2c1CCCC2. The van der Waals surface area contributed by atoms with E-state index >= 15 is 0 Å². The fraction of sp³-hybridized carbons (Fsp3) is 0.381. The largest absolute Gasteiger partial charge is 0.453 e. The van der Waals surface area contributed by atoms with E-state index in [-0.39, 0.29) is 29.1 Å². The van der Waals surface area contributed by atoms with Crippen LogP contribution < -0.4 is 10.6 Å². The number of hydrogen-bond donors (Lipinski definition) is 2. The molecule has 1 heterocycles. The minimum Gasteiger partial charge on any atom is -0.453 e. The maximum absolute atomic E-state index is 12.6. The van der Waals surface area contributed by atoms with Crippen molar-refractivity contribution >= 4 is 55.7 Å². The molecular weight excluding hydrogens is 476 g/mol. The number of aryl methyl sites for hydroxylation is 1. The molecular formula is C21H23ClN2O6S2. The molecule has 0 fully saturated rings.